The van der Waals surface area contributed by atoms with Crippen molar-refractivity contribution in [1.82, 2.24) is 25.0 Å². The first kappa shape index (κ1) is 18.9. The molecule has 3 saturated heterocycles. The summed E-state index contributed by atoms with van der Waals surface area (Å²) in [6, 6.07) is 4.16. The lowest BCUT2D eigenvalue weighted by atomic mass is 10.2. The first-order valence-corrected chi connectivity index (χ1v) is 11.0. The van der Waals surface area contributed by atoms with Gasteiger partial charge in [-0.25, -0.2) is 4.98 Å². The van der Waals surface area contributed by atoms with E-state index in [2.05, 4.69) is 31.0 Å². The molecule has 0 aromatic carbocycles. The van der Waals surface area contributed by atoms with Gasteiger partial charge in [-0.15, -0.1) is 5.10 Å². The Morgan fingerprint density at radius 2 is 1.87 bits per heavy atom. The summed E-state index contributed by atoms with van der Waals surface area (Å²) >= 11 is 0. The molecule has 3 aromatic heterocycles. The van der Waals surface area contributed by atoms with Crippen molar-refractivity contribution in [3.8, 4) is 5.82 Å². The maximum Gasteiger partial charge on any atom is 0.171 e. The van der Waals surface area contributed by atoms with Crippen molar-refractivity contribution in [3.05, 3.63) is 18.3 Å². The van der Waals surface area contributed by atoms with Gasteiger partial charge in [0, 0.05) is 52.4 Å². The maximum atomic E-state index is 6.12. The molecule has 0 aliphatic carbocycles. The molecule has 2 bridgehead atoms. The lowest BCUT2D eigenvalue weighted by Crippen LogP contribution is -2.43. The average molecular weight is 425 g/mol. The summed E-state index contributed by atoms with van der Waals surface area (Å²) in [5.41, 5.74) is 2.02. The molecule has 10 heteroatoms. The molecule has 2 atom stereocenters. The van der Waals surface area contributed by atoms with E-state index in [4.69, 9.17) is 19.6 Å². The molecule has 0 saturated carbocycles. The highest BCUT2D eigenvalue weighted by molar-refractivity contribution is 6.01. The Hall–Kier alpha value is -2.85. The minimum absolute atomic E-state index is 0.305. The van der Waals surface area contributed by atoms with Crippen LogP contribution in [0.1, 0.15) is 12.8 Å². The van der Waals surface area contributed by atoms with Crippen LogP contribution < -0.4 is 14.7 Å². The standard InChI is InChI=1S/C21H28N8O2/c1-26(2)21-19-16(28-12-14-3-4-15(13-28)31-14)11-18(27-7-9-30-10-8-27)23-20(19)29(25-21)17-5-6-22-24-17/h5-6,11,14-15H,3-4,7-10,12-13H2,1-2H3,(H,22,24). The van der Waals surface area contributed by atoms with Crippen molar-refractivity contribution in [3.63, 3.8) is 0 Å². The quantitative estimate of drug-likeness (QED) is 0.673. The number of pyridine rings is 1. The molecule has 3 aliphatic heterocycles. The minimum Gasteiger partial charge on any atom is -0.378 e. The average Bonchev–Trinajstić information content (AvgIpc) is 3.52. The fraction of sp³-hybridized carbons (Fsp3) is 0.571. The summed E-state index contributed by atoms with van der Waals surface area (Å²) < 4.78 is 13.6. The number of aromatic nitrogens is 5. The largest absolute Gasteiger partial charge is 0.378 e. The van der Waals surface area contributed by atoms with Crippen LogP contribution in [0.15, 0.2) is 18.3 Å². The second-order valence-electron chi connectivity index (χ2n) is 8.73. The predicted molar refractivity (Wildman–Crippen MR) is 118 cm³/mol. The van der Waals surface area contributed by atoms with E-state index in [1.807, 2.05) is 24.8 Å². The van der Waals surface area contributed by atoms with Crippen LogP contribution >= 0.6 is 0 Å². The van der Waals surface area contributed by atoms with Crippen molar-refractivity contribution in [2.45, 2.75) is 25.0 Å². The summed E-state index contributed by atoms with van der Waals surface area (Å²) in [6.07, 6.45) is 4.63. The summed E-state index contributed by atoms with van der Waals surface area (Å²) in [4.78, 5) is 11.9. The molecule has 0 amide bonds. The Balaban J connectivity index is 1.56. The number of hydrogen-bond acceptors (Lipinski definition) is 8. The first-order chi connectivity index (χ1) is 15.2. The van der Waals surface area contributed by atoms with Crippen LogP contribution in [0.3, 0.4) is 0 Å². The van der Waals surface area contributed by atoms with Crippen LogP contribution in [0.4, 0.5) is 17.3 Å². The Morgan fingerprint density at radius 3 is 2.55 bits per heavy atom. The topological polar surface area (TPSA) is 87.6 Å². The summed E-state index contributed by atoms with van der Waals surface area (Å²) in [5, 5.41) is 13.2. The first-order valence-electron chi connectivity index (χ1n) is 11.0. The monoisotopic (exact) mass is 424 g/mol. The van der Waals surface area contributed by atoms with Crippen LogP contribution in [-0.2, 0) is 9.47 Å². The van der Waals surface area contributed by atoms with E-state index in [-0.39, 0.29) is 0 Å². The van der Waals surface area contributed by atoms with Gasteiger partial charge in [0.2, 0.25) is 0 Å². The molecule has 164 valence electrons. The third kappa shape index (κ3) is 3.21. The third-order valence-electron chi connectivity index (χ3n) is 6.44. The van der Waals surface area contributed by atoms with E-state index >= 15 is 0 Å². The zero-order chi connectivity index (χ0) is 20.9. The highest BCUT2D eigenvalue weighted by Crippen LogP contribution is 2.40. The highest BCUT2D eigenvalue weighted by Gasteiger charge is 2.36. The number of aromatic amines is 1. The number of nitrogens with one attached hydrogen (secondary N) is 1. The van der Waals surface area contributed by atoms with E-state index in [0.717, 1.165) is 80.7 Å². The number of rotatable bonds is 4. The number of fused-ring (bicyclic) bond motifs is 3. The van der Waals surface area contributed by atoms with Gasteiger partial charge in [0.05, 0.1) is 42.7 Å². The molecule has 0 spiro atoms. The Kier molecular flexibility index (Phi) is 4.50. The molecule has 31 heavy (non-hydrogen) atoms. The highest BCUT2D eigenvalue weighted by atomic mass is 16.5. The van der Waals surface area contributed by atoms with Gasteiger partial charge in [-0.1, -0.05) is 0 Å². The molecule has 6 rings (SSSR count). The van der Waals surface area contributed by atoms with E-state index in [0.29, 0.717) is 12.2 Å². The number of nitrogens with zero attached hydrogens (tertiary/aromatic N) is 7. The molecule has 3 aromatic rings. The summed E-state index contributed by atoms with van der Waals surface area (Å²) in [7, 11) is 4.06. The van der Waals surface area contributed by atoms with Crippen LogP contribution in [0.25, 0.3) is 16.9 Å². The van der Waals surface area contributed by atoms with Gasteiger partial charge < -0.3 is 24.2 Å². The lowest BCUT2D eigenvalue weighted by Gasteiger charge is -2.35. The van der Waals surface area contributed by atoms with Gasteiger partial charge in [-0.05, 0) is 12.8 Å². The van der Waals surface area contributed by atoms with Crippen LogP contribution in [-0.4, -0.2) is 90.7 Å². The molecule has 3 fully saturated rings. The minimum atomic E-state index is 0.305. The van der Waals surface area contributed by atoms with Gasteiger partial charge in [-0.2, -0.15) is 9.78 Å². The number of ether oxygens (including phenoxy) is 2. The second kappa shape index (κ2) is 7.38. The van der Waals surface area contributed by atoms with E-state index in [1.54, 1.807) is 6.20 Å². The smallest absolute Gasteiger partial charge is 0.171 e. The van der Waals surface area contributed by atoms with E-state index < -0.39 is 0 Å². The molecule has 0 radical (unpaired) electrons. The fourth-order valence-corrected chi connectivity index (χ4v) is 4.93. The van der Waals surface area contributed by atoms with Crippen molar-refractivity contribution < 1.29 is 9.47 Å². The normalized spacial score (nSPS) is 23.7. The molecule has 3 aliphatic rings. The summed E-state index contributed by atoms with van der Waals surface area (Å²) in [5.74, 6) is 2.67. The van der Waals surface area contributed by atoms with Gasteiger partial charge in [0.15, 0.2) is 17.3 Å². The van der Waals surface area contributed by atoms with Crippen LogP contribution in [0.2, 0.25) is 0 Å². The second-order valence-corrected chi connectivity index (χ2v) is 8.73. The van der Waals surface area contributed by atoms with E-state index in [1.165, 1.54) is 5.69 Å². The van der Waals surface area contributed by atoms with Gasteiger partial charge in [0.1, 0.15) is 5.82 Å². The molecule has 1 N–H and O–H groups in total. The molecular weight excluding hydrogens is 396 g/mol. The van der Waals surface area contributed by atoms with E-state index in [9.17, 15) is 0 Å². The van der Waals surface area contributed by atoms with Crippen LogP contribution in [0, 0.1) is 0 Å². The number of hydrogen-bond donors (Lipinski definition) is 1. The zero-order valence-corrected chi connectivity index (χ0v) is 18.0. The van der Waals surface area contributed by atoms with Crippen molar-refractivity contribution in [1.29, 1.82) is 0 Å². The van der Waals surface area contributed by atoms with Crippen molar-refractivity contribution in [2.24, 2.45) is 0 Å². The number of anilines is 3. The summed E-state index contributed by atoms with van der Waals surface area (Å²) in [6.45, 7) is 4.93. The van der Waals surface area contributed by atoms with Gasteiger partial charge in [-0.3, -0.25) is 5.10 Å². The maximum absolute atomic E-state index is 6.12. The van der Waals surface area contributed by atoms with Gasteiger partial charge in [0.25, 0.3) is 0 Å². The van der Waals surface area contributed by atoms with Crippen molar-refractivity contribution in [2.75, 3.05) is 68.2 Å². The van der Waals surface area contributed by atoms with Gasteiger partial charge >= 0.3 is 0 Å². The Morgan fingerprint density at radius 1 is 1.10 bits per heavy atom. The molecular formula is C21H28N8O2. The molecule has 6 heterocycles. The van der Waals surface area contributed by atoms with Crippen LogP contribution in [0.5, 0.6) is 0 Å². The lowest BCUT2D eigenvalue weighted by molar-refractivity contribution is 0.0306. The Labute approximate surface area is 180 Å². The third-order valence-corrected chi connectivity index (χ3v) is 6.44. The number of H-pyrrole nitrogens is 1. The molecule has 2 unspecified atom stereocenters. The molecule has 10 nitrogen and oxygen atoms in total. The van der Waals surface area contributed by atoms with Crippen molar-refractivity contribution >= 4 is 28.4 Å². The fourth-order valence-electron chi connectivity index (χ4n) is 4.93. The zero-order valence-electron chi connectivity index (χ0n) is 18.0. The predicted octanol–water partition coefficient (Wildman–Crippen LogP) is 1.41. The number of morpholine rings is 2. The SMILES string of the molecule is CN(C)c1nn(-c2ccn[nH]2)c2nc(N3CCOCC3)cc(N3CC4CCC(C3)O4)c12. The Bertz CT molecular complexity index is 1060.